The molecule has 2 rings (SSSR count). The molecule has 182 valence electrons. The molecule has 0 spiro atoms. The summed E-state index contributed by atoms with van der Waals surface area (Å²) >= 11 is 0. The van der Waals surface area contributed by atoms with Gasteiger partial charge in [-0.15, -0.1) is 0 Å². The second kappa shape index (κ2) is 11.8. The highest BCUT2D eigenvalue weighted by Gasteiger charge is 2.17. The molecule has 0 unspecified atom stereocenters. The summed E-state index contributed by atoms with van der Waals surface area (Å²) < 4.78 is 0. The summed E-state index contributed by atoms with van der Waals surface area (Å²) in [6, 6.07) is 9.43. The lowest BCUT2D eigenvalue weighted by atomic mass is 9.84. The molecular formula is C34H46. The van der Waals surface area contributed by atoms with E-state index in [2.05, 4.69) is 131 Å². The van der Waals surface area contributed by atoms with Gasteiger partial charge in [-0.1, -0.05) is 119 Å². The van der Waals surface area contributed by atoms with Gasteiger partial charge in [0.1, 0.15) is 0 Å². The Hall–Kier alpha value is -2.44. The van der Waals surface area contributed by atoms with E-state index in [1.54, 1.807) is 0 Å². The van der Waals surface area contributed by atoms with Gasteiger partial charge in [-0.05, 0) is 80.7 Å². The molecule has 0 N–H and O–H groups in total. The highest BCUT2D eigenvalue weighted by atomic mass is 14.2. The van der Waals surface area contributed by atoms with Gasteiger partial charge in [0.25, 0.3) is 0 Å². The second-order valence-electron chi connectivity index (χ2n) is 11.6. The van der Waals surface area contributed by atoms with Crippen LogP contribution in [-0.2, 0) is 0 Å². The first-order chi connectivity index (χ1) is 15.8. The zero-order chi connectivity index (χ0) is 25.7. The Morgan fingerprint density at radius 1 is 0.382 bits per heavy atom. The molecule has 0 aliphatic heterocycles. The lowest BCUT2D eigenvalue weighted by Crippen LogP contribution is -2.04. The predicted molar refractivity (Wildman–Crippen MR) is 151 cm³/mol. The molecule has 2 aromatic rings. The van der Waals surface area contributed by atoms with Gasteiger partial charge in [-0.3, -0.25) is 0 Å². The van der Waals surface area contributed by atoms with Crippen LogP contribution in [0.15, 0.2) is 24.3 Å². The second-order valence-corrected chi connectivity index (χ2v) is 11.6. The minimum atomic E-state index is 0.428. The van der Waals surface area contributed by atoms with E-state index in [0.29, 0.717) is 35.5 Å². The third kappa shape index (κ3) is 6.57. The van der Waals surface area contributed by atoms with Crippen LogP contribution in [0.2, 0.25) is 0 Å². The average Bonchev–Trinajstić information content (AvgIpc) is 2.75. The largest absolute Gasteiger partial charge is 0.0587 e. The van der Waals surface area contributed by atoms with Crippen LogP contribution in [0.1, 0.15) is 163 Å². The molecule has 0 aromatic heterocycles. The normalized spacial score (nSPS) is 11.5. The van der Waals surface area contributed by atoms with Crippen molar-refractivity contribution in [1.29, 1.82) is 0 Å². The van der Waals surface area contributed by atoms with Gasteiger partial charge < -0.3 is 0 Å². The molecule has 0 fully saturated rings. The van der Waals surface area contributed by atoms with E-state index in [-0.39, 0.29) is 0 Å². The Morgan fingerprint density at radius 2 is 0.618 bits per heavy atom. The van der Waals surface area contributed by atoms with Gasteiger partial charge in [0.15, 0.2) is 0 Å². The van der Waals surface area contributed by atoms with Crippen molar-refractivity contribution in [2.45, 2.75) is 119 Å². The summed E-state index contributed by atoms with van der Waals surface area (Å²) in [7, 11) is 0. The maximum absolute atomic E-state index is 3.48. The highest BCUT2D eigenvalue weighted by molar-refractivity contribution is 5.57. The van der Waals surface area contributed by atoms with Crippen LogP contribution in [-0.4, -0.2) is 0 Å². The number of hydrogen-bond donors (Lipinski definition) is 0. The van der Waals surface area contributed by atoms with Gasteiger partial charge in [-0.25, -0.2) is 0 Å². The third-order valence-corrected chi connectivity index (χ3v) is 6.70. The molecule has 0 heteroatoms. The average molecular weight is 455 g/mol. The zero-order valence-corrected chi connectivity index (χ0v) is 23.8. The molecule has 0 heterocycles. The minimum absolute atomic E-state index is 0.428. The van der Waals surface area contributed by atoms with Gasteiger partial charge in [0.2, 0.25) is 0 Å². The summed E-state index contributed by atoms with van der Waals surface area (Å²) in [4.78, 5) is 0. The molecule has 0 aliphatic carbocycles. The maximum Gasteiger partial charge on any atom is 0.0325 e. The Labute approximate surface area is 211 Å². The van der Waals surface area contributed by atoms with E-state index in [9.17, 15) is 0 Å². The van der Waals surface area contributed by atoms with Crippen LogP contribution in [0.3, 0.4) is 0 Å². The van der Waals surface area contributed by atoms with Crippen molar-refractivity contribution in [3.05, 3.63) is 68.8 Å². The fourth-order valence-corrected chi connectivity index (χ4v) is 4.39. The van der Waals surface area contributed by atoms with Crippen molar-refractivity contribution >= 4 is 0 Å². The van der Waals surface area contributed by atoms with Gasteiger partial charge in [0.05, 0.1) is 0 Å². The zero-order valence-electron chi connectivity index (χ0n) is 23.8. The smallest absolute Gasteiger partial charge is 0.0325 e. The van der Waals surface area contributed by atoms with E-state index in [1.165, 1.54) is 44.5 Å². The third-order valence-electron chi connectivity index (χ3n) is 6.70. The molecule has 0 nitrogen and oxygen atoms in total. The lowest BCUT2D eigenvalue weighted by molar-refractivity contribution is 0.799. The number of hydrogen-bond acceptors (Lipinski definition) is 0. The summed E-state index contributed by atoms with van der Waals surface area (Å²) in [5.74, 6) is 16.2. The van der Waals surface area contributed by atoms with Crippen molar-refractivity contribution in [2.75, 3.05) is 0 Å². The van der Waals surface area contributed by atoms with E-state index in [4.69, 9.17) is 0 Å². The van der Waals surface area contributed by atoms with Crippen LogP contribution in [0, 0.1) is 23.7 Å². The van der Waals surface area contributed by atoms with E-state index >= 15 is 0 Å². The molecule has 0 aliphatic rings. The van der Waals surface area contributed by atoms with Crippen LogP contribution < -0.4 is 0 Å². The molecule has 0 radical (unpaired) electrons. The van der Waals surface area contributed by atoms with Crippen molar-refractivity contribution in [2.24, 2.45) is 0 Å². The Kier molecular flexibility index (Phi) is 9.65. The van der Waals surface area contributed by atoms with Gasteiger partial charge >= 0.3 is 0 Å². The molecule has 0 bridgehead atoms. The highest BCUT2D eigenvalue weighted by Crippen LogP contribution is 2.33. The molecule has 0 saturated heterocycles. The summed E-state index contributed by atoms with van der Waals surface area (Å²) in [5, 5.41) is 0. The fraction of sp³-hybridized carbons (Fsp3) is 0.529. The van der Waals surface area contributed by atoms with Crippen molar-refractivity contribution < 1.29 is 0 Å². The lowest BCUT2D eigenvalue weighted by Gasteiger charge is -2.20. The summed E-state index contributed by atoms with van der Waals surface area (Å²) in [5.41, 5.74) is 10.5. The first kappa shape index (κ1) is 27.8. The monoisotopic (exact) mass is 454 g/mol. The Bertz CT molecular complexity index is 963. The quantitative estimate of drug-likeness (QED) is 0.381. The molecule has 2 aromatic carbocycles. The number of rotatable bonds is 6. The van der Waals surface area contributed by atoms with Crippen molar-refractivity contribution in [3.63, 3.8) is 0 Å². The maximum atomic E-state index is 3.48. The summed E-state index contributed by atoms with van der Waals surface area (Å²) in [6.07, 6.45) is 0. The van der Waals surface area contributed by atoms with Crippen LogP contribution in [0.5, 0.6) is 0 Å². The first-order valence-electron chi connectivity index (χ1n) is 13.2. The minimum Gasteiger partial charge on any atom is -0.0587 e. The molecule has 0 atom stereocenters. The van der Waals surface area contributed by atoms with Gasteiger partial charge in [0, 0.05) is 11.1 Å². The Morgan fingerprint density at radius 3 is 0.794 bits per heavy atom. The van der Waals surface area contributed by atoms with Crippen LogP contribution in [0.25, 0.3) is 0 Å². The molecule has 0 amide bonds. The summed E-state index contributed by atoms with van der Waals surface area (Å²) in [6.45, 7) is 27.2. The van der Waals surface area contributed by atoms with E-state index < -0.39 is 0 Å². The molecule has 34 heavy (non-hydrogen) atoms. The van der Waals surface area contributed by atoms with Gasteiger partial charge in [-0.2, -0.15) is 0 Å². The SMILES string of the molecule is CC(C)c1cc(C(C)C)c(C#CC#Cc2c(C(C)C)cc(C(C)C)cc2C(C)C)c(C(C)C)c1. The van der Waals surface area contributed by atoms with Crippen LogP contribution in [0.4, 0.5) is 0 Å². The standard InChI is InChI=1S/C34H46/c1-21(2)27-17-31(23(5)6)29(32(18-27)24(7)8)15-13-14-16-30-33(25(9)10)19-28(22(3)4)20-34(30)26(11)12/h17-26H,1-12H3. The fourth-order valence-electron chi connectivity index (χ4n) is 4.39. The first-order valence-corrected chi connectivity index (χ1v) is 13.2. The predicted octanol–water partition coefficient (Wildman–Crippen LogP) is 9.83. The topological polar surface area (TPSA) is 0 Å². The van der Waals surface area contributed by atoms with E-state index in [0.717, 1.165) is 0 Å². The Balaban J connectivity index is 2.67. The van der Waals surface area contributed by atoms with E-state index in [1.807, 2.05) is 0 Å². The van der Waals surface area contributed by atoms with Crippen molar-refractivity contribution in [3.8, 4) is 23.7 Å². The number of benzene rings is 2. The molecule has 0 saturated carbocycles. The van der Waals surface area contributed by atoms with Crippen molar-refractivity contribution in [1.82, 2.24) is 0 Å². The van der Waals surface area contributed by atoms with Crippen LogP contribution >= 0.6 is 0 Å². The molecular weight excluding hydrogens is 408 g/mol.